The molecule has 1 aliphatic rings. The van der Waals surface area contributed by atoms with Crippen LogP contribution in [0.1, 0.15) is 37.8 Å². The van der Waals surface area contributed by atoms with Crippen molar-refractivity contribution in [2.45, 2.75) is 39.5 Å². The first-order chi connectivity index (χ1) is 18.5. The molecule has 4 aromatic rings. The minimum absolute atomic E-state index is 0.0553. The van der Waals surface area contributed by atoms with Gasteiger partial charge in [0, 0.05) is 13.1 Å². The van der Waals surface area contributed by atoms with Gasteiger partial charge < -0.3 is 21.3 Å². The molecule has 1 fully saturated rings. The molecule has 0 aliphatic carbocycles. The van der Waals surface area contributed by atoms with E-state index in [2.05, 4.69) is 35.9 Å². The third kappa shape index (κ3) is 9.52. The van der Waals surface area contributed by atoms with Gasteiger partial charge >= 0.3 is 0 Å². The molecule has 0 atom stereocenters. The number of nitrogen functional groups attached to an aromatic ring is 1. The molecule has 1 saturated heterocycles. The van der Waals surface area contributed by atoms with Crippen LogP contribution in [0.3, 0.4) is 0 Å². The SMILES string of the molecule is CC.Nc1nnc(NC(=O)Cc2ccccc2)s1.O=C(Cc1ccccc1)Nc1nnc(N2CCCC2)s1. The molecule has 5 rings (SSSR count). The molecule has 10 nitrogen and oxygen atoms in total. The predicted molar refractivity (Wildman–Crippen MR) is 155 cm³/mol. The van der Waals surface area contributed by atoms with E-state index in [4.69, 9.17) is 5.73 Å². The Hall–Kier alpha value is -3.90. The predicted octanol–water partition coefficient (Wildman–Crippen LogP) is 4.65. The summed E-state index contributed by atoms with van der Waals surface area (Å²) in [5, 5.41) is 23.2. The molecule has 0 bridgehead atoms. The Morgan fingerprint density at radius 2 is 1.24 bits per heavy atom. The summed E-state index contributed by atoms with van der Waals surface area (Å²) in [5.41, 5.74) is 7.35. The maximum Gasteiger partial charge on any atom is 0.230 e. The van der Waals surface area contributed by atoms with Gasteiger partial charge in [-0.15, -0.1) is 20.4 Å². The van der Waals surface area contributed by atoms with Crippen LogP contribution in [-0.2, 0) is 22.4 Å². The van der Waals surface area contributed by atoms with E-state index in [1.54, 1.807) is 0 Å². The van der Waals surface area contributed by atoms with E-state index < -0.39 is 0 Å². The number of amides is 2. The largest absolute Gasteiger partial charge is 0.374 e. The van der Waals surface area contributed by atoms with E-state index in [0.29, 0.717) is 28.2 Å². The van der Waals surface area contributed by atoms with Crippen molar-refractivity contribution in [1.29, 1.82) is 0 Å². The van der Waals surface area contributed by atoms with Crippen LogP contribution in [0, 0.1) is 0 Å². The van der Waals surface area contributed by atoms with Crippen LogP contribution in [0.5, 0.6) is 0 Å². The number of aromatic nitrogens is 4. The second-order valence-electron chi connectivity index (χ2n) is 7.95. The number of rotatable bonds is 7. The van der Waals surface area contributed by atoms with Crippen LogP contribution in [0.4, 0.5) is 20.5 Å². The second-order valence-corrected chi connectivity index (χ2v) is 9.92. The maximum atomic E-state index is 11.9. The minimum atomic E-state index is -0.123. The number of benzene rings is 2. The molecule has 12 heteroatoms. The fourth-order valence-corrected chi connectivity index (χ4v) is 4.82. The van der Waals surface area contributed by atoms with Crippen LogP contribution in [0.25, 0.3) is 0 Å². The molecule has 200 valence electrons. The molecular weight excluding hydrogens is 520 g/mol. The molecule has 2 aromatic heterocycles. The molecule has 2 aromatic carbocycles. The first-order valence-electron chi connectivity index (χ1n) is 12.4. The van der Waals surface area contributed by atoms with Gasteiger partial charge in [-0.25, -0.2) is 0 Å². The monoisotopic (exact) mass is 552 g/mol. The van der Waals surface area contributed by atoms with Gasteiger partial charge in [-0.1, -0.05) is 97.2 Å². The molecule has 0 saturated carbocycles. The van der Waals surface area contributed by atoms with Crippen LogP contribution in [-0.4, -0.2) is 45.3 Å². The van der Waals surface area contributed by atoms with Gasteiger partial charge in [0.15, 0.2) is 0 Å². The van der Waals surface area contributed by atoms with Gasteiger partial charge in [0.2, 0.25) is 32.3 Å². The molecule has 0 unspecified atom stereocenters. The first kappa shape index (κ1) is 28.7. The van der Waals surface area contributed by atoms with Crippen LogP contribution >= 0.6 is 22.7 Å². The highest BCUT2D eigenvalue weighted by atomic mass is 32.1. The summed E-state index contributed by atoms with van der Waals surface area (Å²) < 4.78 is 0. The first-order valence-corrected chi connectivity index (χ1v) is 14.0. The zero-order valence-corrected chi connectivity index (χ0v) is 23.1. The van der Waals surface area contributed by atoms with Gasteiger partial charge in [-0.05, 0) is 24.0 Å². The third-order valence-electron chi connectivity index (χ3n) is 5.14. The van der Waals surface area contributed by atoms with E-state index in [1.165, 1.54) is 24.2 Å². The fraction of sp³-hybridized carbons (Fsp3) is 0.308. The molecule has 0 radical (unpaired) electrons. The smallest absolute Gasteiger partial charge is 0.230 e. The zero-order valence-electron chi connectivity index (χ0n) is 21.5. The zero-order chi connectivity index (χ0) is 27.2. The Balaban J connectivity index is 0.000000202. The van der Waals surface area contributed by atoms with Gasteiger partial charge in [0.1, 0.15) is 0 Å². The highest BCUT2D eigenvalue weighted by molar-refractivity contribution is 7.19. The summed E-state index contributed by atoms with van der Waals surface area (Å²) in [7, 11) is 0. The van der Waals surface area contributed by atoms with Crippen LogP contribution in [0.2, 0.25) is 0 Å². The lowest BCUT2D eigenvalue weighted by molar-refractivity contribution is -0.116. The Morgan fingerprint density at radius 1 is 0.763 bits per heavy atom. The molecule has 38 heavy (non-hydrogen) atoms. The number of carbonyl (C=O) groups excluding carboxylic acids is 2. The van der Waals surface area contributed by atoms with E-state index >= 15 is 0 Å². The molecule has 0 spiro atoms. The van der Waals surface area contributed by atoms with E-state index in [0.717, 1.165) is 40.7 Å². The van der Waals surface area contributed by atoms with Crippen molar-refractivity contribution in [3.63, 3.8) is 0 Å². The Morgan fingerprint density at radius 3 is 1.71 bits per heavy atom. The summed E-state index contributed by atoms with van der Waals surface area (Å²) in [4.78, 5) is 25.7. The quantitative estimate of drug-likeness (QED) is 0.301. The van der Waals surface area contributed by atoms with Crippen molar-refractivity contribution in [2.24, 2.45) is 0 Å². The van der Waals surface area contributed by atoms with Crippen molar-refractivity contribution in [2.75, 3.05) is 34.4 Å². The molecule has 4 N–H and O–H groups in total. The van der Waals surface area contributed by atoms with Crippen LogP contribution < -0.4 is 21.3 Å². The lowest BCUT2D eigenvalue weighted by atomic mass is 10.1. The van der Waals surface area contributed by atoms with E-state index in [-0.39, 0.29) is 11.8 Å². The highest BCUT2D eigenvalue weighted by Crippen LogP contribution is 2.26. The topological polar surface area (TPSA) is 139 Å². The van der Waals surface area contributed by atoms with Crippen molar-refractivity contribution in [3.05, 3.63) is 71.8 Å². The summed E-state index contributed by atoms with van der Waals surface area (Å²) in [6.07, 6.45) is 3.09. The summed E-state index contributed by atoms with van der Waals surface area (Å²) >= 11 is 2.59. The van der Waals surface area contributed by atoms with Gasteiger partial charge in [-0.2, -0.15) is 0 Å². The Kier molecular flexibility index (Phi) is 11.6. The standard InChI is InChI=1S/C14H16N4OS.C10H10N4OS.C2H6/c19-12(10-11-6-2-1-3-7-11)15-13-16-17-14(20-13)18-8-4-5-9-18;11-9-13-14-10(16-9)12-8(15)6-7-4-2-1-3-5-7;1-2/h1-3,6-7H,4-5,8-10H2,(H,15,16,19);1-5H,6H2,(H2,11,13)(H,12,14,15);1-2H3. The fourth-order valence-electron chi connectivity index (χ4n) is 3.48. The second kappa shape index (κ2) is 15.4. The number of anilines is 4. The minimum Gasteiger partial charge on any atom is -0.374 e. The van der Waals surface area contributed by atoms with Crippen molar-refractivity contribution >= 4 is 55.0 Å². The van der Waals surface area contributed by atoms with Gasteiger partial charge in [0.05, 0.1) is 12.8 Å². The average Bonchev–Trinajstić information content (AvgIpc) is 3.70. The molecular formula is C26H32N8O2S2. The molecule has 3 heterocycles. The highest BCUT2D eigenvalue weighted by Gasteiger charge is 2.17. The number of nitrogens with two attached hydrogens (primary N) is 1. The number of hydrogen-bond acceptors (Lipinski definition) is 10. The Labute approximate surface area is 230 Å². The number of hydrogen-bond donors (Lipinski definition) is 3. The number of carbonyl (C=O) groups is 2. The molecule has 2 amide bonds. The number of nitrogens with zero attached hydrogens (tertiary/aromatic N) is 5. The normalized spacial score (nSPS) is 12.0. The van der Waals surface area contributed by atoms with Gasteiger partial charge in [-0.3, -0.25) is 9.59 Å². The van der Waals surface area contributed by atoms with Crippen molar-refractivity contribution in [3.8, 4) is 0 Å². The van der Waals surface area contributed by atoms with Crippen molar-refractivity contribution < 1.29 is 9.59 Å². The van der Waals surface area contributed by atoms with E-state index in [1.807, 2.05) is 74.5 Å². The lowest BCUT2D eigenvalue weighted by Crippen LogP contribution is -2.17. The average molecular weight is 553 g/mol. The number of nitrogens with one attached hydrogen (secondary N) is 2. The van der Waals surface area contributed by atoms with E-state index in [9.17, 15) is 9.59 Å². The third-order valence-corrected chi connectivity index (χ3v) is 6.71. The summed E-state index contributed by atoms with van der Waals surface area (Å²) in [6, 6.07) is 19.2. The lowest BCUT2D eigenvalue weighted by Gasteiger charge is -2.10. The van der Waals surface area contributed by atoms with Crippen LogP contribution in [0.15, 0.2) is 60.7 Å². The maximum absolute atomic E-state index is 11.9. The summed E-state index contributed by atoms with van der Waals surface area (Å²) in [6.45, 7) is 6.07. The Bertz CT molecular complexity index is 1260. The molecule has 1 aliphatic heterocycles. The van der Waals surface area contributed by atoms with Gasteiger partial charge in [0.25, 0.3) is 0 Å². The summed E-state index contributed by atoms with van der Waals surface area (Å²) in [5.74, 6) is -0.178. The van der Waals surface area contributed by atoms with Crippen molar-refractivity contribution in [1.82, 2.24) is 20.4 Å².